The summed E-state index contributed by atoms with van der Waals surface area (Å²) in [5.41, 5.74) is 0.602. The van der Waals surface area contributed by atoms with Gasteiger partial charge in [0.05, 0.1) is 45.6 Å². The van der Waals surface area contributed by atoms with Crippen molar-refractivity contribution in [3.8, 4) is 5.69 Å². The summed E-state index contributed by atoms with van der Waals surface area (Å²) in [4.78, 5) is 19.1. The lowest BCUT2D eigenvalue weighted by Crippen LogP contribution is -2.06. The summed E-state index contributed by atoms with van der Waals surface area (Å²) in [6, 6.07) is 5.37. The van der Waals surface area contributed by atoms with Gasteiger partial charge in [0.25, 0.3) is 0 Å². The number of hydrogen-bond donors (Lipinski definition) is 1. The molecule has 0 fully saturated rings. The zero-order chi connectivity index (χ0) is 19.1. The first kappa shape index (κ1) is 18.2. The SMILES string of the molecule is CCc1nc2cc(C(F)(F)F)c(Cl)cc2n1-c1ccc(CC(=O)O)nc1. The first-order chi connectivity index (χ1) is 12.2. The third-order valence-corrected chi connectivity index (χ3v) is 4.15. The van der Waals surface area contributed by atoms with Gasteiger partial charge in [-0.05, 0) is 24.3 Å². The molecular formula is C17H13ClF3N3O2. The van der Waals surface area contributed by atoms with E-state index in [1.54, 1.807) is 16.7 Å². The lowest BCUT2D eigenvalue weighted by Gasteiger charge is -2.11. The van der Waals surface area contributed by atoms with E-state index in [1.165, 1.54) is 12.3 Å². The van der Waals surface area contributed by atoms with Gasteiger partial charge >= 0.3 is 12.1 Å². The van der Waals surface area contributed by atoms with Crippen LogP contribution in [0.5, 0.6) is 0 Å². The van der Waals surface area contributed by atoms with Crippen LogP contribution in [-0.4, -0.2) is 25.6 Å². The largest absolute Gasteiger partial charge is 0.481 e. The highest BCUT2D eigenvalue weighted by molar-refractivity contribution is 6.32. The minimum Gasteiger partial charge on any atom is -0.481 e. The topological polar surface area (TPSA) is 68.0 Å². The number of aryl methyl sites for hydroxylation is 1. The highest BCUT2D eigenvalue weighted by atomic mass is 35.5. The monoisotopic (exact) mass is 383 g/mol. The molecule has 0 atom stereocenters. The van der Waals surface area contributed by atoms with Gasteiger partial charge in [0.2, 0.25) is 0 Å². The van der Waals surface area contributed by atoms with Crippen LogP contribution in [0.1, 0.15) is 24.0 Å². The number of fused-ring (bicyclic) bond motifs is 1. The van der Waals surface area contributed by atoms with Gasteiger partial charge in [-0.2, -0.15) is 13.2 Å². The standard InChI is InChI=1S/C17H13ClF3N3O2/c1-2-15-23-13-6-11(17(19,20)21)12(18)7-14(13)24(15)10-4-3-9(22-8-10)5-16(25)26/h3-4,6-8H,2,5H2,1H3,(H,25,26). The number of carboxylic acid groups (broad SMARTS) is 1. The minimum absolute atomic E-state index is 0.174. The Morgan fingerprint density at radius 1 is 1.31 bits per heavy atom. The molecule has 0 amide bonds. The zero-order valence-electron chi connectivity index (χ0n) is 13.5. The van der Waals surface area contributed by atoms with Gasteiger partial charge in [0.15, 0.2) is 0 Å². The predicted octanol–water partition coefficient (Wildman–Crippen LogP) is 4.28. The van der Waals surface area contributed by atoms with Crippen molar-refractivity contribution in [1.82, 2.24) is 14.5 Å². The van der Waals surface area contributed by atoms with Crippen molar-refractivity contribution in [2.75, 3.05) is 0 Å². The number of nitrogens with zero attached hydrogens (tertiary/aromatic N) is 3. The molecule has 2 aromatic heterocycles. The highest BCUT2D eigenvalue weighted by Crippen LogP contribution is 2.37. The third kappa shape index (κ3) is 3.37. The molecule has 0 aliphatic carbocycles. The maximum absolute atomic E-state index is 13.1. The van der Waals surface area contributed by atoms with E-state index in [-0.39, 0.29) is 11.9 Å². The molecule has 26 heavy (non-hydrogen) atoms. The van der Waals surface area contributed by atoms with Gasteiger partial charge < -0.3 is 5.11 Å². The number of alkyl halides is 3. The van der Waals surface area contributed by atoms with Crippen molar-refractivity contribution in [3.05, 3.63) is 52.6 Å². The maximum atomic E-state index is 13.1. The zero-order valence-corrected chi connectivity index (χ0v) is 14.3. The summed E-state index contributed by atoms with van der Waals surface area (Å²) in [7, 11) is 0. The number of aliphatic carboxylic acids is 1. The quantitative estimate of drug-likeness (QED) is 0.730. The summed E-state index contributed by atoms with van der Waals surface area (Å²) >= 11 is 5.84. The molecule has 0 unspecified atom stereocenters. The molecule has 1 N–H and O–H groups in total. The van der Waals surface area contributed by atoms with Gasteiger partial charge in [-0.3, -0.25) is 14.3 Å². The fourth-order valence-electron chi connectivity index (χ4n) is 2.70. The normalized spacial score (nSPS) is 11.9. The molecule has 0 spiro atoms. The number of imidazole rings is 1. The summed E-state index contributed by atoms with van der Waals surface area (Å²) in [5, 5.41) is 8.39. The third-order valence-electron chi connectivity index (χ3n) is 3.83. The van der Waals surface area contributed by atoms with Crippen molar-refractivity contribution >= 4 is 28.6 Å². The molecule has 3 rings (SSSR count). The first-order valence-corrected chi connectivity index (χ1v) is 8.03. The summed E-state index contributed by atoms with van der Waals surface area (Å²) in [6.07, 6.45) is -2.84. The van der Waals surface area contributed by atoms with Crippen molar-refractivity contribution in [1.29, 1.82) is 0 Å². The highest BCUT2D eigenvalue weighted by Gasteiger charge is 2.34. The van der Waals surface area contributed by atoms with Crippen molar-refractivity contribution in [2.45, 2.75) is 25.9 Å². The number of carbonyl (C=O) groups is 1. The second-order valence-electron chi connectivity index (χ2n) is 5.61. The fraction of sp³-hybridized carbons (Fsp3) is 0.235. The molecule has 136 valence electrons. The second kappa shape index (κ2) is 6.60. The average molecular weight is 384 g/mol. The molecular weight excluding hydrogens is 371 g/mol. The maximum Gasteiger partial charge on any atom is 0.417 e. The van der Waals surface area contributed by atoms with E-state index in [2.05, 4.69) is 9.97 Å². The van der Waals surface area contributed by atoms with Crippen LogP contribution in [-0.2, 0) is 23.8 Å². The minimum atomic E-state index is -4.57. The lowest BCUT2D eigenvalue weighted by atomic mass is 10.2. The molecule has 2 heterocycles. The van der Waals surface area contributed by atoms with Crippen LogP contribution in [0.4, 0.5) is 13.2 Å². The van der Waals surface area contributed by atoms with Crippen molar-refractivity contribution in [2.24, 2.45) is 0 Å². The Labute approximate surface area is 151 Å². The van der Waals surface area contributed by atoms with Crippen molar-refractivity contribution < 1.29 is 23.1 Å². The Balaban J connectivity index is 2.16. The van der Waals surface area contributed by atoms with Gasteiger partial charge in [-0.25, -0.2) is 4.98 Å². The summed E-state index contributed by atoms with van der Waals surface area (Å²) in [6.45, 7) is 1.83. The molecule has 0 saturated carbocycles. The molecule has 3 aromatic rings. The van der Waals surface area contributed by atoms with E-state index in [1.807, 2.05) is 6.92 Å². The van der Waals surface area contributed by atoms with E-state index in [0.717, 1.165) is 6.07 Å². The van der Waals surface area contributed by atoms with Gasteiger partial charge in [0.1, 0.15) is 5.82 Å². The average Bonchev–Trinajstić information content (AvgIpc) is 2.91. The van der Waals surface area contributed by atoms with E-state index < -0.39 is 22.7 Å². The molecule has 0 bridgehead atoms. The molecule has 0 saturated heterocycles. The number of aromatic nitrogens is 3. The van der Waals surface area contributed by atoms with Crippen LogP contribution in [0.15, 0.2) is 30.5 Å². The number of benzene rings is 1. The first-order valence-electron chi connectivity index (χ1n) is 7.66. The molecule has 5 nitrogen and oxygen atoms in total. The summed E-state index contributed by atoms with van der Waals surface area (Å²) < 4.78 is 40.8. The fourth-order valence-corrected chi connectivity index (χ4v) is 2.96. The number of hydrogen-bond acceptors (Lipinski definition) is 3. The van der Waals surface area contributed by atoms with Crippen LogP contribution in [0.25, 0.3) is 16.7 Å². The molecule has 9 heteroatoms. The Bertz CT molecular complexity index is 982. The number of rotatable bonds is 4. The predicted molar refractivity (Wildman–Crippen MR) is 89.6 cm³/mol. The Morgan fingerprint density at radius 3 is 2.58 bits per heavy atom. The van der Waals surface area contributed by atoms with E-state index in [9.17, 15) is 18.0 Å². The van der Waals surface area contributed by atoms with E-state index >= 15 is 0 Å². The van der Waals surface area contributed by atoms with Crippen molar-refractivity contribution in [3.63, 3.8) is 0 Å². The number of pyridine rings is 1. The van der Waals surface area contributed by atoms with E-state index in [0.29, 0.717) is 29.1 Å². The second-order valence-corrected chi connectivity index (χ2v) is 6.02. The van der Waals surface area contributed by atoms with Gasteiger partial charge in [-0.1, -0.05) is 18.5 Å². The van der Waals surface area contributed by atoms with Crippen LogP contribution in [0.3, 0.4) is 0 Å². The van der Waals surface area contributed by atoms with E-state index in [4.69, 9.17) is 16.7 Å². The number of carboxylic acids is 1. The van der Waals surface area contributed by atoms with Crippen LogP contribution in [0.2, 0.25) is 5.02 Å². The molecule has 0 radical (unpaired) electrons. The lowest BCUT2D eigenvalue weighted by molar-refractivity contribution is -0.137. The summed E-state index contributed by atoms with van der Waals surface area (Å²) in [5.74, 6) is -0.456. The molecule has 0 aliphatic heterocycles. The van der Waals surface area contributed by atoms with Gasteiger partial charge in [-0.15, -0.1) is 0 Å². The van der Waals surface area contributed by atoms with Crippen LogP contribution >= 0.6 is 11.6 Å². The Hall–Kier alpha value is -2.61. The molecule has 0 aliphatic rings. The van der Waals surface area contributed by atoms with Gasteiger partial charge in [0, 0.05) is 6.42 Å². The van der Waals surface area contributed by atoms with Crippen LogP contribution < -0.4 is 0 Å². The number of halogens is 4. The van der Waals surface area contributed by atoms with Crippen LogP contribution in [0, 0.1) is 0 Å². The Kier molecular flexibility index (Phi) is 4.62. The molecule has 1 aromatic carbocycles. The smallest absolute Gasteiger partial charge is 0.417 e. The Morgan fingerprint density at radius 2 is 2.04 bits per heavy atom.